The Hall–Kier alpha value is -4.24. The molecule has 1 aliphatic heterocycles. The van der Waals surface area contributed by atoms with Crippen LogP contribution in [0, 0.1) is 0 Å². The number of carbonyl (C=O) groups is 8. The second-order valence-electron chi connectivity index (χ2n) is 9.14. The van der Waals surface area contributed by atoms with Crippen molar-refractivity contribution >= 4 is 47.6 Å². The molecule has 6 N–H and O–H groups in total. The molecular weight excluding hydrogens is 536 g/mol. The maximum Gasteiger partial charge on any atom is 0.333 e. The van der Waals surface area contributed by atoms with Gasteiger partial charge in [-0.25, -0.2) is 19.2 Å². The highest BCUT2D eigenvalue weighted by Crippen LogP contribution is 2.14. The summed E-state index contributed by atoms with van der Waals surface area (Å²) < 4.78 is 0. The maximum absolute atomic E-state index is 12.0. The molecule has 1 fully saturated rings. The zero-order valence-corrected chi connectivity index (χ0v) is 22.0. The second kappa shape index (κ2) is 18.1. The Morgan fingerprint density at radius 1 is 0.725 bits per heavy atom. The summed E-state index contributed by atoms with van der Waals surface area (Å²) in [4.78, 5) is 96.4. The fraction of sp³-hybridized carbons (Fsp3) is 0.667. The summed E-state index contributed by atoms with van der Waals surface area (Å²) in [5.74, 6) is -5.95. The van der Waals surface area contributed by atoms with E-state index in [0.29, 0.717) is 43.6 Å². The van der Waals surface area contributed by atoms with Crippen molar-refractivity contribution in [1.82, 2.24) is 21.0 Å². The van der Waals surface area contributed by atoms with Crippen LogP contribution >= 0.6 is 0 Å². The molecule has 1 heterocycles. The van der Waals surface area contributed by atoms with Crippen LogP contribution < -0.4 is 16.0 Å². The number of carboxylic acids is 3. The fourth-order valence-electron chi connectivity index (χ4n) is 3.64. The normalized spacial score (nSPS) is 14.2. The topological polar surface area (TPSA) is 246 Å². The van der Waals surface area contributed by atoms with E-state index in [2.05, 4.69) is 10.6 Å². The van der Waals surface area contributed by atoms with E-state index in [9.17, 15) is 43.5 Å². The van der Waals surface area contributed by atoms with E-state index >= 15 is 0 Å². The molecule has 224 valence electrons. The number of carboxylic acid groups (broad SMARTS) is 3. The Bertz CT molecular complexity index is 938. The number of nitrogens with one attached hydrogen (secondary N) is 3. The molecule has 0 aliphatic carbocycles. The standard InChI is InChI=1S/C24H36N4O12/c29-17(8-3-1-2-4-9-21(34)40-28-18(30)11-12-19(28)31)25-14-6-5-7-15(22(35)36)26-24(39)27-16(23(37)38)10-13-20(32)33/h15-16H,1-14H2,(H,25,29)(H,32,33)(H,35,36)(H,37,38)(H2,26,27,39). The van der Waals surface area contributed by atoms with Gasteiger partial charge in [-0.1, -0.05) is 12.8 Å². The molecule has 16 heteroatoms. The molecule has 0 bridgehead atoms. The predicted molar refractivity (Wildman–Crippen MR) is 133 cm³/mol. The van der Waals surface area contributed by atoms with Crippen molar-refractivity contribution in [2.24, 2.45) is 0 Å². The number of aliphatic carboxylic acids is 3. The first kappa shape index (κ1) is 33.8. The minimum Gasteiger partial charge on any atom is -0.481 e. The first-order chi connectivity index (χ1) is 18.9. The molecule has 5 amide bonds. The number of imide groups is 1. The Balaban J connectivity index is 2.15. The van der Waals surface area contributed by atoms with Gasteiger partial charge in [0.25, 0.3) is 11.8 Å². The molecule has 1 aliphatic rings. The van der Waals surface area contributed by atoms with Gasteiger partial charge in [0, 0.05) is 38.6 Å². The average molecular weight is 573 g/mol. The summed E-state index contributed by atoms with van der Waals surface area (Å²) in [6.45, 7) is 0.285. The third-order valence-electron chi connectivity index (χ3n) is 5.83. The lowest BCUT2D eigenvalue weighted by Gasteiger charge is -2.18. The van der Waals surface area contributed by atoms with Gasteiger partial charge < -0.3 is 36.1 Å². The van der Waals surface area contributed by atoms with Crippen molar-refractivity contribution < 1.29 is 58.5 Å². The monoisotopic (exact) mass is 572 g/mol. The zero-order chi connectivity index (χ0) is 30.1. The molecule has 1 rings (SSSR count). The van der Waals surface area contributed by atoms with Crippen LogP contribution in [0.15, 0.2) is 0 Å². The van der Waals surface area contributed by atoms with Crippen molar-refractivity contribution in [1.29, 1.82) is 0 Å². The number of rotatable bonds is 20. The van der Waals surface area contributed by atoms with Crippen LogP contribution in [0.2, 0.25) is 0 Å². The second-order valence-corrected chi connectivity index (χ2v) is 9.14. The largest absolute Gasteiger partial charge is 0.481 e. The van der Waals surface area contributed by atoms with Crippen molar-refractivity contribution in [3.63, 3.8) is 0 Å². The van der Waals surface area contributed by atoms with Crippen LogP contribution in [-0.2, 0) is 38.4 Å². The summed E-state index contributed by atoms with van der Waals surface area (Å²) in [6, 6.07) is -3.85. The van der Waals surface area contributed by atoms with Crippen molar-refractivity contribution in [2.75, 3.05) is 6.54 Å². The third-order valence-corrected chi connectivity index (χ3v) is 5.83. The molecule has 1 saturated heterocycles. The molecule has 0 aromatic carbocycles. The molecule has 0 radical (unpaired) electrons. The van der Waals surface area contributed by atoms with Crippen LogP contribution in [-0.4, -0.2) is 86.6 Å². The lowest BCUT2D eigenvalue weighted by molar-refractivity contribution is -0.197. The highest BCUT2D eigenvalue weighted by molar-refractivity contribution is 6.01. The number of urea groups is 1. The number of unbranched alkanes of at least 4 members (excludes halogenated alkanes) is 4. The zero-order valence-electron chi connectivity index (χ0n) is 22.0. The molecule has 0 aromatic heterocycles. The predicted octanol–water partition coefficient (Wildman–Crippen LogP) is 0.291. The van der Waals surface area contributed by atoms with E-state index < -0.39 is 60.2 Å². The molecule has 0 aromatic rings. The minimum atomic E-state index is -1.49. The van der Waals surface area contributed by atoms with Gasteiger partial charge in [0.05, 0.1) is 0 Å². The lowest BCUT2D eigenvalue weighted by atomic mass is 10.1. The Kier molecular flexibility index (Phi) is 15.3. The minimum absolute atomic E-state index is 0.0218. The molecule has 0 spiro atoms. The van der Waals surface area contributed by atoms with Crippen molar-refractivity contribution in [3.8, 4) is 0 Å². The lowest BCUT2D eigenvalue weighted by Crippen LogP contribution is -2.51. The van der Waals surface area contributed by atoms with Crippen LogP contribution in [0.4, 0.5) is 4.79 Å². The van der Waals surface area contributed by atoms with Crippen molar-refractivity contribution in [3.05, 3.63) is 0 Å². The Labute approximate surface area is 229 Å². The fourth-order valence-corrected chi connectivity index (χ4v) is 3.64. The molecular formula is C24H36N4O12. The van der Waals surface area contributed by atoms with Gasteiger partial charge in [-0.05, 0) is 38.5 Å². The van der Waals surface area contributed by atoms with E-state index in [1.165, 1.54) is 0 Å². The number of hydrogen-bond donors (Lipinski definition) is 6. The summed E-state index contributed by atoms with van der Waals surface area (Å²) in [7, 11) is 0. The van der Waals surface area contributed by atoms with E-state index in [1.54, 1.807) is 0 Å². The summed E-state index contributed by atoms with van der Waals surface area (Å²) in [5, 5.41) is 34.4. The van der Waals surface area contributed by atoms with Gasteiger partial charge in [0.15, 0.2) is 0 Å². The number of hydroxylamine groups is 2. The molecule has 2 unspecified atom stereocenters. The highest BCUT2D eigenvalue weighted by atomic mass is 16.7. The van der Waals surface area contributed by atoms with Gasteiger partial charge >= 0.3 is 29.9 Å². The van der Waals surface area contributed by atoms with E-state index in [-0.39, 0.29) is 51.0 Å². The van der Waals surface area contributed by atoms with E-state index in [1.807, 2.05) is 5.32 Å². The number of carbonyl (C=O) groups excluding carboxylic acids is 5. The number of nitrogens with zero attached hydrogens (tertiary/aromatic N) is 1. The van der Waals surface area contributed by atoms with Crippen LogP contribution in [0.3, 0.4) is 0 Å². The van der Waals surface area contributed by atoms with Gasteiger partial charge in [0.1, 0.15) is 12.1 Å². The summed E-state index contributed by atoms with van der Waals surface area (Å²) in [5.41, 5.74) is 0. The number of hydrogen-bond acceptors (Lipinski definition) is 9. The van der Waals surface area contributed by atoms with Crippen LogP contribution in [0.25, 0.3) is 0 Å². The Morgan fingerprint density at radius 2 is 1.27 bits per heavy atom. The van der Waals surface area contributed by atoms with Crippen LogP contribution in [0.1, 0.15) is 83.5 Å². The number of amides is 5. The summed E-state index contributed by atoms with van der Waals surface area (Å²) >= 11 is 0. The molecule has 0 saturated carbocycles. The van der Waals surface area contributed by atoms with Gasteiger partial charge in [-0.15, -0.1) is 5.06 Å². The van der Waals surface area contributed by atoms with Gasteiger partial charge in [-0.3, -0.25) is 19.2 Å². The van der Waals surface area contributed by atoms with Crippen LogP contribution in [0.5, 0.6) is 0 Å². The van der Waals surface area contributed by atoms with Gasteiger partial charge in [0.2, 0.25) is 5.91 Å². The van der Waals surface area contributed by atoms with E-state index in [4.69, 9.17) is 15.1 Å². The highest BCUT2D eigenvalue weighted by Gasteiger charge is 2.32. The molecule has 16 nitrogen and oxygen atoms in total. The average Bonchev–Trinajstić information content (AvgIpc) is 3.19. The van der Waals surface area contributed by atoms with E-state index in [0.717, 1.165) is 0 Å². The van der Waals surface area contributed by atoms with Crippen molar-refractivity contribution in [2.45, 2.75) is 95.6 Å². The third kappa shape index (κ3) is 14.1. The first-order valence-corrected chi connectivity index (χ1v) is 13.0. The Morgan fingerprint density at radius 3 is 1.82 bits per heavy atom. The quantitative estimate of drug-likeness (QED) is 0.0851. The first-order valence-electron chi connectivity index (χ1n) is 13.0. The summed E-state index contributed by atoms with van der Waals surface area (Å²) in [6.07, 6.45) is 2.67. The maximum atomic E-state index is 12.0. The molecule has 2 atom stereocenters. The van der Waals surface area contributed by atoms with Gasteiger partial charge in [-0.2, -0.15) is 0 Å². The molecule has 40 heavy (non-hydrogen) atoms. The smallest absolute Gasteiger partial charge is 0.333 e. The SMILES string of the molecule is O=C(O)CCC(NC(=O)NC(CCCCNC(=O)CCCCCCC(=O)ON1C(=O)CCC1=O)C(=O)O)C(=O)O.